The predicted molar refractivity (Wildman–Crippen MR) is 77.1 cm³/mol. The summed E-state index contributed by atoms with van der Waals surface area (Å²) in [5.74, 6) is 0.165. The standard InChI is InChI=1S/C15H22N2O4/c1-10(13-3-4-14(21-13)15(19)20)17-7-5-12(6-8-17)9-16-11(2)18/h3-4,10,12H,5-9H2,1-2H3,(H,16,18)(H,19,20). The van der Waals surface area contributed by atoms with Crippen molar-refractivity contribution in [2.75, 3.05) is 19.6 Å². The van der Waals surface area contributed by atoms with Gasteiger partial charge in [0.25, 0.3) is 0 Å². The summed E-state index contributed by atoms with van der Waals surface area (Å²) in [6, 6.07) is 3.30. The molecule has 0 aliphatic carbocycles. The van der Waals surface area contributed by atoms with Crippen molar-refractivity contribution >= 4 is 11.9 Å². The lowest BCUT2D eigenvalue weighted by atomic mass is 9.95. The number of rotatable bonds is 5. The number of nitrogens with zero attached hydrogens (tertiary/aromatic N) is 1. The molecule has 2 N–H and O–H groups in total. The Morgan fingerprint density at radius 3 is 2.62 bits per heavy atom. The number of furan rings is 1. The van der Waals surface area contributed by atoms with Gasteiger partial charge in [-0.05, 0) is 50.9 Å². The van der Waals surface area contributed by atoms with Crippen molar-refractivity contribution in [2.24, 2.45) is 5.92 Å². The molecule has 1 atom stereocenters. The van der Waals surface area contributed by atoms with Crippen molar-refractivity contribution in [2.45, 2.75) is 32.7 Å². The monoisotopic (exact) mass is 294 g/mol. The molecule has 0 bridgehead atoms. The van der Waals surface area contributed by atoms with E-state index in [1.54, 1.807) is 6.07 Å². The lowest BCUT2D eigenvalue weighted by Gasteiger charge is -2.35. The second kappa shape index (κ2) is 6.76. The fraction of sp³-hybridized carbons (Fsp3) is 0.600. The van der Waals surface area contributed by atoms with Gasteiger partial charge in [-0.1, -0.05) is 0 Å². The van der Waals surface area contributed by atoms with Crippen LogP contribution in [-0.4, -0.2) is 41.5 Å². The summed E-state index contributed by atoms with van der Waals surface area (Å²) in [7, 11) is 0. The molecule has 1 fully saturated rings. The number of piperidine rings is 1. The van der Waals surface area contributed by atoms with Crippen LogP contribution in [0.4, 0.5) is 0 Å². The quantitative estimate of drug-likeness (QED) is 0.866. The zero-order valence-corrected chi connectivity index (χ0v) is 12.5. The second-order valence-corrected chi connectivity index (χ2v) is 5.60. The maximum Gasteiger partial charge on any atom is 0.371 e. The van der Waals surface area contributed by atoms with Gasteiger partial charge in [0.05, 0.1) is 6.04 Å². The molecule has 0 spiro atoms. The van der Waals surface area contributed by atoms with Crippen LogP contribution in [0, 0.1) is 5.92 Å². The van der Waals surface area contributed by atoms with Gasteiger partial charge in [-0.3, -0.25) is 9.69 Å². The van der Waals surface area contributed by atoms with Crippen LogP contribution in [0.2, 0.25) is 0 Å². The van der Waals surface area contributed by atoms with Gasteiger partial charge in [0.2, 0.25) is 11.7 Å². The molecule has 1 unspecified atom stereocenters. The third-order valence-corrected chi connectivity index (χ3v) is 4.09. The van der Waals surface area contributed by atoms with Gasteiger partial charge in [-0.2, -0.15) is 0 Å². The Hall–Kier alpha value is -1.82. The first-order valence-corrected chi connectivity index (χ1v) is 7.29. The minimum Gasteiger partial charge on any atom is -0.475 e. The Morgan fingerprint density at radius 2 is 2.10 bits per heavy atom. The number of carboxylic acid groups (broad SMARTS) is 1. The number of carbonyl (C=O) groups excluding carboxylic acids is 1. The molecule has 2 heterocycles. The smallest absolute Gasteiger partial charge is 0.371 e. The van der Waals surface area contributed by atoms with Crippen molar-refractivity contribution in [3.63, 3.8) is 0 Å². The lowest BCUT2D eigenvalue weighted by molar-refractivity contribution is -0.119. The van der Waals surface area contributed by atoms with Crippen LogP contribution >= 0.6 is 0 Å². The van der Waals surface area contributed by atoms with E-state index in [2.05, 4.69) is 10.2 Å². The van der Waals surface area contributed by atoms with Crippen LogP contribution in [0.1, 0.15) is 49.0 Å². The molecule has 1 aromatic heterocycles. The highest BCUT2D eigenvalue weighted by atomic mass is 16.4. The molecule has 2 rings (SSSR count). The van der Waals surface area contributed by atoms with Crippen molar-refractivity contribution in [1.29, 1.82) is 0 Å². The van der Waals surface area contributed by atoms with E-state index in [-0.39, 0.29) is 17.7 Å². The fourth-order valence-electron chi connectivity index (χ4n) is 2.70. The molecule has 6 heteroatoms. The molecule has 0 radical (unpaired) electrons. The molecular formula is C15H22N2O4. The zero-order valence-electron chi connectivity index (χ0n) is 12.5. The molecular weight excluding hydrogens is 272 g/mol. The van der Waals surface area contributed by atoms with Crippen molar-refractivity contribution in [3.8, 4) is 0 Å². The first-order valence-electron chi connectivity index (χ1n) is 7.29. The summed E-state index contributed by atoms with van der Waals surface area (Å²) in [5.41, 5.74) is 0. The fourth-order valence-corrected chi connectivity index (χ4v) is 2.70. The number of carbonyl (C=O) groups is 2. The van der Waals surface area contributed by atoms with E-state index in [9.17, 15) is 9.59 Å². The van der Waals surface area contributed by atoms with Crippen LogP contribution in [0.25, 0.3) is 0 Å². The van der Waals surface area contributed by atoms with E-state index in [1.807, 2.05) is 6.92 Å². The molecule has 0 saturated carbocycles. The lowest BCUT2D eigenvalue weighted by Crippen LogP contribution is -2.39. The van der Waals surface area contributed by atoms with E-state index in [1.165, 1.54) is 13.0 Å². The van der Waals surface area contributed by atoms with Gasteiger partial charge in [0.1, 0.15) is 5.76 Å². The van der Waals surface area contributed by atoms with Crippen LogP contribution in [0.5, 0.6) is 0 Å². The molecule has 1 aromatic rings. The predicted octanol–water partition coefficient (Wildman–Crippen LogP) is 1.89. The Kier molecular flexibility index (Phi) is 5.01. The maximum atomic E-state index is 10.9. The highest BCUT2D eigenvalue weighted by Crippen LogP contribution is 2.27. The van der Waals surface area contributed by atoms with Gasteiger partial charge >= 0.3 is 5.97 Å². The summed E-state index contributed by atoms with van der Waals surface area (Å²) in [5, 5.41) is 11.8. The third kappa shape index (κ3) is 4.07. The number of hydrogen-bond acceptors (Lipinski definition) is 4. The highest BCUT2D eigenvalue weighted by molar-refractivity contribution is 5.84. The number of amides is 1. The molecule has 1 aliphatic rings. The van der Waals surface area contributed by atoms with Gasteiger partial charge in [-0.15, -0.1) is 0 Å². The van der Waals surface area contributed by atoms with E-state index in [0.717, 1.165) is 32.5 Å². The number of nitrogens with one attached hydrogen (secondary N) is 1. The Labute approximate surface area is 124 Å². The average molecular weight is 294 g/mol. The molecule has 0 aromatic carbocycles. The molecule has 1 amide bonds. The van der Waals surface area contributed by atoms with Crippen molar-refractivity contribution in [3.05, 3.63) is 23.7 Å². The van der Waals surface area contributed by atoms with E-state index in [4.69, 9.17) is 9.52 Å². The largest absolute Gasteiger partial charge is 0.475 e. The van der Waals surface area contributed by atoms with E-state index >= 15 is 0 Å². The molecule has 116 valence electrons. The minimum absolute atomic E-state index is 0.0163. The Balaban J connectivity index is 1.86. The van der Waals surface area contributed by atoms with Crippen LogP contribution < -0.4 is 5.32 Å². The van der Waals surface area contributed by atoms with E-state index in [0.29, 0.717) is 11.7 Å². The number of hydrogen-bond donors (Lipinski definition) is 2. The van der Waals surface area contributed by atoms with Gasteiger partial charge < -0.3 is 14.8 Å². The Bertz CT molecular complexity index is 504. The van der Waals surface area contributed by atoms with Gasteiger partial charge in [0.15, 0.2) is 0 Å². The van der Waals surface area contributed by atoms with Gasteiger partial charge in [0, 0.05) is 13.5 Å². The number of likely N-dealkylation sites (tertiary alicyclic amines) is 1. The van der Waals surface area contributed by atoms with E-state index < -0.39 is 5.97 Å². The minimum atomic E-state index is -1.04. The van der Waals surface area contributed by atoms with Crippen LogP contribution in [0.15, 0.2) is 16.5 Å². The SMILES string of the molecule is CC(=O)NCC1CCN(C(C)c2ccc(C(=O)O)o2)CC1. The Morgan fingerprint density at radius 1 is 1.43 bits per heavy atom. The van der Waals surface area contributed by atoms with Crippen molar-refractivity contribution in [1.82, 2.24) is 10.2 Å². The summed E-state index contributed by atoms with van der Waals surface area (Å²) < 4.78 is 5.37. The summed E-state index contributed by atoms with van der Waals surface area (Å²) in [6.07, 6.45) is 2.05. The van der Waals surface area contributed by atoms with Gasteiger partial charge in [-0.25, -0.2) is 4.79 Å². The zero-order chi connectivity index (χ0) is 15.4. The summed E-state index contributed by atoms with van der Waals surface area (Å²) in [4.78, 5) is 24.0. The van der Waals surface area contributed by atoms with Crippen molar-refractivity contribution < 1.29 is 19.1 Å². The molecule has 1 aliphatic heterocycles. The summed E-state index contributed by atoms with van der Waals surface area (Å²) >= 11 is 0. The first-order chi connectivity index (χ1) is 9.97. The number of aromatic carboxylic acids is 1. The van der Waals surface area contributed by atoms with Crippen LogP contribution in [0.3, 0.4) is 0 Å². The second-order valence-electron chi connectivity index (χ2n) is 5.60. The molecule has 21 heavy (non-hydrogen) atoms. The molecule has 1 saturated heterocycles. The first kappa shape index (κ1) is 15.6. The normalized spacial score (nSPS) is 18.4. The topological polar surface area (TPSA) is 82.8 Å². The third-order valence-electron chi connectivity index (χ3n) is 4.09. The number of carboxylic acids is 1. The summed E-state index contributed by atoms with van der Waals surface area (Å²) in [6.45, 7) is 6.15. The van der Waals surface area contributed by atoms with Crippen LogP contribution in [-0.2, 0) is 4.79 Å². The highest BCUT2D eigenvalue weighted by Gasteiger charge is 2.25. The molecule has 6 nitrogen and oxygen atoms in total. The average Bonchev–Trinajstić information content (AvgIpc) is 2.95. The maximum absolute atomic E-state index is 10.9.